The first kappa shape index (κ1) is 16.0. The number of nitrogens with one attached hydrogen (secondary N) is 2. The fourth-order valence-electron chi connectivity index (χ4n) is 2.06. The predicted molar refractivity (Wildman–Crippen MR) is 78.6 cm³/mol. The van der Waals surface area contributed by atoms with Crippen molar-refractivity contribution in [1.82, 2.24) is 10.6 Å². The molecule has 1 aliphatic rings. The maximum absolute atomic E-state index is 5.16. The summed E-state index contributed by atoms with van der Waals surface area (Å²) in [6.45, 7) is 1.86. The molecule has 1 aliphatic carbocycles. The van der Waals surface area contributed by atoms with Crippen LogP contribution in [0.3, 0.4) is 0 Å². The van der Waals surface area contributed by atoms with E-state index in [0.717, 1.165) is 25.5 Å². The van der Waals surface area contributed by atoms with Gasteiger partial charge in [0.1, 0.15) is 0 Å². The van der Waals surface area contributed by atoms with Gasteiger partial charge in [-0.05, 0) is 24.7 Å². The fourth-order valence-corrected chi connectivity index (χ4v) is 2.06. The lowest BCUT2D eigenvalue weighted by atomic mass is 9.67. The molecule has 96 valence electrons. The molecule has 5 heteroatoms. The second kappa shape index (κ2) is 8.11. The van der Waals surface area contributed by atoms with Crippen LogP contribution in [0, 0.1) is 5.41 Å². The van der Waals surface area contributed by atoms with Gasteiger partial charge in [-0.2, -0.15) is 0 Å². The Kier molecular flexibility index (Phi) is 8.09. The zero-order valence-corrected chi connectivity index (χ0v) is 12.8. The lowest BCUT2D eigenvalue weighted by molar-refractivity contribution is 0.0733. The summed E-state index contributed by atoms with van der Waals surface area (Å²) < 4.78 is 5.16. The number of halogens is 1. The van der Waals surface area contributed by atoms with Crippen LogP contribution in [-0.4, -0.2) is 40.3 Å². The number of nitrogens with zero attached hydrogens (tertiary/aromatic N) is 1. The number of rotatable bonds is 5. The third-order valence-electron chi connectivity index (χ3n) is 3.34. The van der Waals surface area contributed by atoms with Crippen molar-refractivity contribution in [2.24, 2.45) is 10.4 Å². The zero-order valence-electron chi connectivity index (χ0n) is 10.5. The van der Waals surface area contributed by atoms with Gasteiger partial charge in [0, 0.05) is 34.4 Å². The van der Waals surface area contributed by atoms with Crippen LogP contribution in [0.5, 0.6) is 0 Å². The Morgan fingerprint density at radius 2 is 2.12 bits per heavy atom. The van der Waals surface area contributed by atoms with E-state index in [2.05, 4.69) is 15.6 Å². The lowest BCUT2D eigenvalue weighted by Crippen LogP contribution is -2.46. The third kappa shape index (κ3) is 4.45. The third-order valence-corrected chi connectivity index (χ3v) is 3.34. The molecule has 0 aromatic carbocycles. The molecular formula is C11H24IN3O. The minimum Gasteiger partial charge on any atom is -0.385 e. The van der Waals surface area contributed by atoms with Gasteiger partial charge >= 0.3 is 0 Å². The minimum absolute atomic E-state index is 0. The van der Waals surface area contributed by atoms with E-state index in [1.165, 1.54) is 19.3 Å². The highest BCUT2D eigenvalue weighted by Crippen LogP contribution is 2.43. The van der Waals surface area contributed by atoms with Crippen molar-refractivity contribution < 1.29 is 4.74 Å². The van der Waals surface area contributed by atoms with Crippen LogP contribution in [-0.2, 0) is 4.74 Å². The van der Waals surface area contributed by atoms with Crippen LogP contribution >= 0.6 is 24.0 Å². The number of ether oxygens (including phenoxy) is 1. The molecule has 16 heavy (non-hydrogen) atoms. The summed E-state index contributed by atoms with van der Waals surface area (Å²) in [4.78, 5) is 4.11. The van der Waals surface area contributed by atoms with Crippen molar-refractivity contribution in [2.45, 2.75) is 25.7 Å². The highest BCUT2D eigenvalue weighted by Gasteiger charge is 2.36. The maximum Gasteiger partial charge on any atom is 0.190 e. The molecule has 1 fully saturated rings. The number of hydrogen-bond donors (Lipinski definition) is 2. The Balaban J connectivity index is 0.00000225. The highest BCUT2D eigenvalue weighted by molar-refractivity contribution is 14.0. The van der Waals surface area contributed by atoms with E-state index in [1.54, 1.807) is 14.2 Å². The van der Waals surface area contributed by atoms with Crippen LogP contribution in [0.25, 0.3) is 0 Å². The Hall–Kier alpha value is -0.0400. The van der Waals surface area contributed by atoms with E-state index in [-0.39, 0.29) is 24.0 Å². The van der Waals surface area contributed by atoms with Crippen molar-refractivity contribution in [3.63, 3.8) is 0 Å². The van der Waals surface area contributed by atoms with E-state index in [0.29, 0.717) is 5.41 Å². The molecule has 0 heterocycles. The quantitative estimate of drug-likeness (QED) is 0.454. The average Bonchev–Trinajstić information content (AvgIpc) is 2.21. The first-order chi connectivity index (χ1) is 7.26. The van der Waals surface area contributed by atoms with Gasteiger partial charge in [0.25, 0.3) is 0 Å². The molecule has 0 aromatic rings. The van der Waals surface area contributed by atoms with E-state index >= 15 is 0 Å². The minimum atomic E-state index is 0. The molecule has 0 amide bonds. The van der Waals surface area contributed by atoms with Crippen LogP contribution in [0.4, 0.5) is 0 Å². The van der Waals surface area contributed by atoms with Crippen molar-refractivity contribution in [1.29, 1.82) is 0 Å². The Morgan fingerprint density at radius 1 is 1.44 bits per heavy atom. The standard InChI is InChI=1S/C11H23N3O.HI/c1-12-10(13-2)14-9-11(5-4-6-11)7-8-15-3;/h4-9H2,1-3H3,(H2,12,13,14);1H. The van der Waals surface area contributed by atoms with Crippen molar-refractivity contribution in [3.8, 4) is 0 Å². The van der Waals surface area contributed by atoms with Gasteiger partial charge in [-0.3, -0.25) is 4.99 Å². The van der Waals surface area contributed by atoms with Crippen molar-refractivity contribution in [3.05, 3.63) is 0 Å². The van der Waals surface area contributed by atoms with Gasteiger partial charge < -0.3 is 15.4 Å². The van der Waals surface area contributed by atoms with E-state index in [4.69, 9.17) is 4.74 Å². The summed E-state index contributed by atoms with van der Waals surface area (Å²) in [7, 11) is 5.45. The predicted octanol–water partition coefficient (Wildman–Crippen LogP) is 1.61. The van der Waals surface area contributed by atoms with E-state index in [1.807, 2.05) is 7.05 Å². The lowest BCUT2D eigenvalue weighted by Gasteiger charge is -2.42. The fraction of sp³-hybridized carbons (Fsp3) is 0.909. The molecule has 1 saturated carbocycles. The van der Waals surface area contributed by atoms with Crippen molar-refractivity contribution >= 4 is 29.9 Å². The van der Waals surface area contributed by atoms with Gasteiger partial charge in [-0.15, -0.1) is 24.0 Å². The van der Waals surface area contributed by atoms with Crippen LogP contribution in [0.15, 0.2) is 4.99 Å². The number of guanidine groups is 1. The summed E-state index contributed by atoms with van der Waals surface area (Å²) in [5.41, 5.74) is 0.447. The van der Waals surface area contributed by atoms with Gasteiger partial charge in [0.2, 0.25) is 0 Å². The van der Waals surface area contributed by atoms with Crippen LogP contribution in [0.1, 0.15) is 25.7 Å². The number of methoxy groups -OCH3 is 1. The molecule has 0 aromatic heterocycles. The monoisotopic (exact) mass is 341 g/mol. The van der Waals surface area contributed by atoms with E-state index in [9.17, 15) is 0 Å². The molecular weight excluding hydrogens is 317 g/mol. The summed E-state index contributed by atoms with van der Waals surface area (Å²) >= 11 is 0. The van der Waals surface area contributed by atoms with Crippen LogP contribution in [0.2, 0.25) is 0 Å². The molecule has 0 bridgehead atoms. The summed E-state index contributed by atoms with van der Waals surface area (Å²) in [6.07, 6.45) is 5.12. The summed E-state index contributed by atoms with van der Waals surface area (Å²) in [5, 5.41) is 6.39. The molecule has 0 radical (unpaired) electrons. The van der Waals surface area contributed by atoms with Gasteiger partial charge in [0.05, 0.1) is 0 Å². The normalized spacial score (nSPS) is 18.3. The Bertz CT molecular complexity index is 217. The maximum atomic E-state index is 5.16. The zero-order chi connectivity index (χ0) is 11.1. The van der Waals surface area contributed by atoms with Gasteiger partial charge in [0.15, 0.2) is 5.96 Å². The molecule has 0 saturated heterocycles. The molecule has 0 spiro atoms. The molecule has 0 atom stereocenters. The van der Waals surface area contributed by atoms with Crippen LogP contribution < -0.4 is 10.6 Å². The average molecular weight is 341 g/mol. The number of hydrogen-bond acceptors (Lipinski definition) is 2. The second-order valence-corrected chi connectivity index (χ2v) is 4.27. The first-order valence-electron chi connectivity index (χ1n) is 5.64. The molecule has 0 unspecified atom stereocenters. The summed E-state index contributed by atoms with van der Waals surface area (Å²) in [5.74, 6) is 0.874. The molecule has 2 N–H and O–H groups in total. The molecule has 1 rings (SSSR count). The Morgan fingerprint density at radius 3 is 2.50 bits per heavy atom. The van der Waals surface area contributed by atoms with Gasteiger partial charge in [-0.1, -0.05) is 6.42 Å². The Labute approximate surface area is 116 Å². The summed E-state index contributed by atoms with van der Waals surface area (Å²) in [6, 6.07) is 0. The SMILES string of the molecule is CN=C(NC)NCC1(CCOC)CCC1.I. The van der Waals surface area contributed by atoms with Crippen molar-refractivity contribution in [2.75, 3.05) is 34.4 Å². The first-order valence-corrected chi connectivity index (χ1v) is 5.64. The highest BCUT2D eigenvalue weighted by atomic mass is 127. The molecule has 0 aliphatic heterocycles. The molecule has 4 nitrogen and oxygen atoms in total. The van der Waals surface area contributed by atoms with Gasteiger partial charge in [-0.25, -0.2) is 0 Å². The topological polar surface area (TPSA) is 45.7 Å². The van der Waals surface area contributed by atoms with E-state index < -0.39 is 0 Å². The largest absolute Gasteiger partial charge is 0.385 e. The number of aliphatic imine (C=N–C) groups is 1. The second-order valence-electron chi connectivity index (χ2n) is 4.27. The smallest absolute Gasteiger partial charge is 0.190 e.